The van der Waals surface area contributed by atoms with Gasteiger partial charge in [-0.3, -0.25) is 0 Å². The minimum atomic E-state index is -0.988. The number of carbonyl (C=O) groups is 2. The van der Waals surface area contributed by atoms with Crippen molar-refractivity contribution in [1.82, 2.24) is 0 Å². The van der Waals surface area contributed by atoms with Crippen molar-refractivity contribution in [2.75, 3.05) is 39.6 Å². The second kappa shape index (κ2) is 11.5. The molecular weight excluding hydrogens is 400 g/mol. The number of aliphatic hydroxyl groups excluding tert-OH is 2. The molecule has 170 valence electrons. The van der Waals surface area contributed by atoms with Gasteiger partial charge >= 0.3 is 11.9 Å². The van der Waals surface area contributed by atoms with E-state index in [0.29, 0.717) is 0 Å². The van der Waals surface area contributed by atoms with Gasteiger partial charge in [0.25, 0.3) is 0 Å². The van der Waals surface area contributed by atoms with Gasteiger partial charge in [-0.1, -0.05) is 13.2 Å². The number of ether oxygens (including phenoxy) is 6. The summed E-state index contributed by atoms with van der Waals surface area (Å²) in [5.74, 6) is -1.15. The van der Waals surface area contributed by atoms with Crippen LogP contribution in [0.3, 0.4) is 0 Å². The van der Waals surface area contributed by atoms with Crippen molar-refractivity contribution in [3.63, 3.8) is 0 Å². The van der Waals surface area contributed by atoms with Gasteiger partial charge in [0.1, 0.15) is 49.8 Å². The third-order valence-corrected chi connectivity index (χ3v) is 4.48. The lowest BCUT2D eigenvalue weighted by molar-refractivity contribution is -0.144. The van der Waals surface area contributed by atoms with Gasteiger partial charge in [0.05, 0.1) is 26.4 Å². The topological polar surface area (TPSA) is 130 Å². The van der Waals surface area contributed by atoms with Gasteiger partial charge in [-0.2, -0.15) is 0 Å². The Hall–Kier alpha value is -1.82. The molecule has 2 fully saturated rings. The Bertz CT molecular complexity index is 579. The van der Waals surface area contributed by atoms with Gasteiger partial charge < -0.3 is 38.6 Å². The molecule has 0 radical (unpaired) electrons. The first-order valence-corrected chi connectivity index (χ1v) is 9.66. The molecule has 10 heteroatoms. The van der Waals surface area contributed by atoms with Crippen LogP contribution in [0.5, 0.6) is 0 Å². The number of fused-ring (bicyclic) bond motifs is 1. The van der Waals surface area contributed by atoms with E-state index in [1.54, 1.807) is 0 Å². The molecular formula is C20H30O10. The van der Waals surface area contributed by atoms with E-state index in [9.17, 15) is 19.8 Å². The SMILES string of the molecule is C=C(C)C(=O)OCC(O)CO[C@@H]1CO[C@H]2[C@@H]1OC[C@@H]2OC[C@@H](O)COC(=O)C(=C)C. The minimum absolute atomic E-state index is 0.0532. The Labute approximate surface area is 175 Å². The number of hydrogen-bond acceptors (Lipinski definition) is 10. The molecule has 0 aromatic rings. The highest BCUT2D eigenvalue weighted by Gasteiger charge is 2.49. The van der Waals surface area contributed by atoms with E-state index in [4.69, 9.17) is 28.4 Å². The van der Waals surface area contributed by atoms with Gasteiger partial charge in [-0.05, 0) is 13.8 Å². The molecule has 2 aliphatic heterocycles. The summed E-state index contributed by atoms with van der Waals surface area (Å²) in [6.07, 6.45) is -3.54. The summed E-state index contributed by atoms with van der Waals surface area (Å²) < 4.78 is 32.4. The van der Waals surface area contributed by atoms with Gasteiger partial charge in [0, 0.05) is 11.1 Å². The van der Waals surface area contributed by atoms with Gasteiger partial charge in [-0.15, -0.1) is 0 Å². The Balaban J connectivity index is 1.67. The fraction of sp³-hybridized carbons (Fsp3) is 0.700. The molecule has 2 aliphatic rings. The Kier molecular flexibility index (Phi) is 9.40. The number of carbonyl (C=O) groups excluding carboxylic acids is 2. The average molecular weight is 430 g/mol. The average Bonchev–Trinajstić information content (AvgIpc) is 3.29. The summed E-state index contributed by atoms with van der Waals surface area (Å²) in [4.78, 5) is 22.7. The maximum Gasteiger partial charge on any atom is 0.333 e. The van der Waals surface area contributed by atoms with Crippen molar-refractivity contribution in [2.24, 2.45) is 0 Å². The lowest BCUT2D eigenvalue weighted by atomic mass is 10.1. The standard InChI is InChI=1S/C20H30O10/c1-11(2)19(23)29-7-13(21)5-25-15-9-27-18-16(10-28-17(15)18)26-6-14(22)8-30-20(24)12(3)4/h13-18,21-22H,1,3,5-10H2,2,4H3/t13-,14?,15+,16-,17-,18-/m1/s1. The molecule has 0 aliphatic carbocycles. The lowest BCUT2D eigenvalue weighted by Crippen LogP contribution is -2.37. The Morgan fingerprint density at radius 3 is 1.53 bits per heavy atom. The van der Waals surface area contributed by atoms with Crippen LogP contribution in [-0.4, -0.2) is 98.4 Å². The quantitative estimate of drug-likeness (QED) is 0.309. The first-order chi connectivity index (χ1) is 14.2. The maximum absolute atomic E-state index is 11.3. The summed E-state index contributed by atoms with van der Waals surface area (Å²) in [5, 5.41) is 19.8. The highest BCUT2D eigenvalue weighted by molar-refractivity contribution is 5.87. The Morgan fingerprint density at radius 1 is 0.833 bits per heavy atom. The molecule has 0 spiro atoms. The molecule has 0 amide bonds. The van der Waals surface area contributed by atoms with Crippen molar-refractivity contribution < 1.29 is 48.2 Å². The summed E-state index contributed by atoms with van der Waals surface area (Å²) in [6, 6.07) is 0. The zero-order valence-corrected chi connectivity index (χ0v) is 17.3. The number of hydrogen-bond donors (Lipinski definition) is 2. The predicted molar refractivity (Wildman–Crippen MR) is 103 cm³/mol. The summed E-state index contributed by atoms with van der Waals surface area (Å²) in [7, 11) is 0. The molecule has 30 heavy (non-hydrogen) atoms. The van der Waals surface area contributed by atoms with Crippen LogP contribution in [0.2, 0.25) is 0 Å². The van der Waals surface area contributed by atoms with Crippen LogP contribution < -0.4 is 0 Å². The first-order valence-electron chi connectivity index (χ1n) is 9.66. The predicted octanol–water partition coefficient (Wildman–Crippen LogP) is -0.485. The fourth-order valence-electron chi connectivity index (χ4n) is 2.87. The third kappa shape index (κ3) is 7.15. The molecule has 0 saturated carbocycles. The van der Waals surface area contributed by atoms with Gasteiger partial charge in [-0.25, -0.2) is 9.59 Å². The van der Waals surface area contributed by atoms with E-state index in [2.05, 4.69) is 13.2 Å². The Morgan fingerprint density at radius 2 is 1.20 bits per heavy atom. The zero-order valence-electron chi connectivity index (χ0n) is 17.3. The van der Waals surface area contributed by atoms with E-state index < -0.39 is 36.4 Å². The van der Waals surface area contributed by atoms with Gasteiger partial charge in [0.15, 0.2) is 0 Å². The van der Waals surface area contributed by atoms with E-state index in [-0.39, 0.29) is 63.0 Å². The van der Waals surface area contributed by atoms with Crippen LogP contribution in [-0.2, 0) is 38.0 Å². The molecule has 2 N–H and O–H groups in total. The normalized spacial score (nSPS) is 27.2. The van der Waals surface area contributed by atoms with Crippen LogP contribution >= 0.6 is 0 Å². The molecule has 0 aromatic carbocycles. The second-order valence-electron chi connectivity index (χ2n) is 7.40. The smallest absolute Gasteiger partial charge is 0.333 e. The van der Waals surface area contributed by atoms with Gasteiger partial charge in [0.2, 0.25) is 0 Å². The third-order valence-electron chi connectivity index (χ3n) is 4.48. The molecule has 0 aromatic heterocycles. The van der Waals surface area contributed by atoms with Crippen molar-refractivity contribution in [3.05, 3.63) is 24.3 Å². The second-order valence-corrected chi connectivity index (χ2v) is 7.40. The fourth-order valence-corrected chi connectivity index (χ4v) is 2.87. The first kappa shape index (κ1) is 24.4. The van der Waals surface area contributed by atoms with Crippen LogP contribution in [0.1, 0.15) is 13.8 Å². The van der Waals surface area contributed by atoms with Crippen molar-refractivity contribution in [3.8, 4) is 0 Å². The summed E-state index contributed by atoms with van der Waals surface area (Å²) in [6.45, 7) is 9.97. The van der Waals surface area contributed by atoms with E-state index in [1.807, 2.05) is 0 Å². The molecule has 2 rings (SSSR count). The van der Waals surface area contributed by atoms with E-state index in [0.717, 1.165) is 0 Å². The highest BCUT2D eigenvalue weighted by atomic mass is 16.6. The molecule has 1 unspecified atom stereocenters. The summed E-state index contributed by atoms with van der Waals surface area (Å²) >= 11 is 0. The number of rotatable bonds is 12. The molecule has 6 atom stereocenters. The maximum atomic E-state index is 11.3. The lowest BCUT2D eigenvalue weighted by Gasteiger charge is -2.19. The summed E-state index contributed by atoms with van der Waals surface area (Å²) in [5.41, 5.74) is 0.499. The largest absolute Gasteiger partial charge is 0.460 e. The molecule has 10 nitrogen and oxygen atoms in total. The van der Waals surface area contributed by atoms with E-state index >= 15 is 0 Å². The zero-order chi connectivity index (χ0) is 22.3. The molecule has 2 heterocycles. The van der Waals surface area contributed by atoms with Crippen LogP contribution in [0.25, 0.3) is 0 Å². The monoisotopic (exact) mass is 430 g/mol. The minimum Gasteiger partial charge on any atom is -0.460 e. The van der Waals surface area contributed by atoms with Crippen molar-refractivity contribution in [2.45, 2.75) is 50.5 Å². The van der Waals surface area contributed by atoms with Crippen molar-refractivity contribution >= 4 is 11.9 Å². The molecule has 0 bridgehead atoms. The van der Waals surface area contributed by atoms with Crippen LogP contribution in [0, 0.1) is 0 Å². The van der Waals surface area contributed by atoms with Crippen LogP contribution in [0.4, 0.5) is 0 Å². The molecule has 2 saturated heterocycles. The number of aliphatic hydroxyl groups is 2. The van der Waals surface area contributed by atoms with E-state index in [1.165, 1.54) is 13.8 Å². The van der Waals surface area contributed by atoms with Crippen molar-refractivity contribution in [1.29, 1.82) is 0 Å². The number of esters is 2. The highest BCUT2D eigenvalue weighted by Crippen LogP contribution is 2.30. The van der Waals surface area contributed by atoms with Crippen LogP contribution in [0.15, 0.2) is 24.3 Å².